The van der Waals surface area contributed by atoms with Gasteiger partial charge in [0.15, 0.2) is 0 Å². The van der Waals surface area contributed by atoms with Crippen LogP contribution in [0, 0.1) is 6.92 Å². The van der Waals surface area contributed by atoms with E-state index in [-0.39, 0.29) is 0 Å². The lowest BCUT2D eigenvalue weighted by atomic mass is 10.2. The lowest BCUT2D eigenvalue weighted by molar-refractivity contribution is 0.758. The molecule has 0 spiro atoms. The maximum atomic E-state index is 4.64. The smallest absolute Gasteiger partial charge is 0.138 e. The molecule has 2 aromatic heterocycles. The first kappa shape index (κ1) is 12.3. The Morgan fingerprint density at radius 2 is 2.12 bits per heavy atom. The van der Waals surface area contributed by atoms with Crippen LogP contribution in [0.15, 0.2) is 6.07 Å². The summed E-state index contributed by atoms with van der Waals surface area (Å²) in [6.07, 6.45) is 3.31. The molecule has 0 aliphatic carbocycles. The van der Waals surface area contributed by atoms with Crippen molar-refractivity contribution in [1.82, 2.24) is 9.97 Å². The Morgan fingerprint density at radius 3 is 2.82 bits per heavy atom. The summed E-state index contributed by atoms with van der Waals surface area (Å²) in [6.45, 7) is 7.31. The molecule has 0 aliphatic rings. The van der Waals surface area contributed by atoms with Gasteiger partial charge < -0.3 is 5.32 Å². The Morgan fingerprint density at radius 1 is 1.29 bits per heavy atom. The SMILES string of the molecule is CCCCc1nc(NCC)c2cc(C)sc2n1. The Hall–Kier alpha value is -1.16. The first-order valence-electron chi connectivity index (χ1n) is 6.25. The molecule has 3 nitrogen and oxygen atoms in total. The van der Waals surface area contributed by atoms with Crippen LogP contribution in [0.25, 0.3) is 10.2 Å². The average molecular weight is 249 g/mol. The van der Waals surface area contributed by atoms with Crippen LogP contribution in [0.2, 0.25) is 0 Å². The lowest BCUT2D eigenvalue weighted by Gasteiger charge is -2.06. The highest BCUT2D eigenvalue weighted by Crippen LogP contribution is 2.28. The van der Waals surface area contributed by atoms with Gasteiger partial charge in [0.25, 0.3) is 0 Å². The van der Waals surface area contributed by atoms with Gasteiger partial charge in [-0.3, -0.25) is 0 Å². The van der Waals surface area contributed by atoms with Crippen molar-refractivity contribution in [2.45, 2.75) is 40.0 Å². The fourth-order valence-electron chi connectivity index (χ4n) is 1.84. The van der Waals surface area contributed by atoms with E-state index in [1.54, 1.807) is 11.3 Å². The number of thiophene rings is 1. The maximum absolute atomic E-state index is 4.64. The summed E-state index contributed by atoms with van der Waals surface area (Å²) in [5.74, 6) is 1.96. The predicted molar refractivity (Wildman–Crippen MR) is 74.9 cm³/mol. The first-order valence-corrected chi connectivity index (χ1v) is 7.07. The molecule has 0 saturated heterocycles. The fraction of sp³-hybridized carbons (Fsp3) is 0.538. The number of hydrogen-bond acceptors (Lipinski definition) is 4. The zero-order chi connectivity index (χ0) is 12.3. The summed E-state index contributed by atoms with van der Waals surface area (Å²) in [7, 11) is 0. The van der Waals surface area contributed by atoms with Crippen molar-refractivity contribution < 1.29 is 0 Å². The second kappa shape index (κ2) is 5.45. The summed E-state index contributed by atoms with van der Waals surface area (Å²) < 4.78 is 0. The van der Waals surface area contributed by atoms with Crippen LogP contribution in [-0.4, -0.2) is 16.5 Å². The molecule has 2 heterocycles. The van der Waals surface area contributed by atoms with Gasteiger partial charge in [0.05, 0.1) is 5.39 Å². The third-order valence-corrected chi connectivity index (χ3v) is 3.60. The van der Waals surface area contributed by atoms with Crippen LogP contribution in [-0.2, 0) is 6.42 Å². The Balaban J connectivity index is 2.42. The van der Waals surface area contributed by atoms with E-state index < -0.39 is 0 Å². The highest BCUT2D eigenvalue weighted by molar-refractivity contribution is 7.18. The van der Waals surface area contributed by atoms with Crippen molar-refractivity contribution in [3.8, 4) is 0 Å². The zero-order valence-corrected chi connectivity index (χ0v) is 11.5. The van der Waals surface area contributed by atoms with Crippen molar-refractivity contribution in [3.05, 3.63) is 16.8 Å². The van der Waals surface area contributed by atoms with Gasteiger partial charge in [0.1, 0.15) is 16.5 Å². The second-order valence-electron chi connectivity index (χ2n) is 4.20. The molecule has 4 heteroatoms. The molecule has 0 amide bonds. The van der Waals surface area contributed by atoms with Crippen molar-refractivity contribution in [3.63, 3.8) is 0 Å². The third kappa shape index (κ3) is 2.75. The average Bonchev–Trinajstić information content (AvgIpc) is 2.67. The predicted octanol–water partition coefficient (Wildman–Crippen LogP) is 3.77. The van der Waals surface area contributed by atoms with E-state index in [1.165, 1.54) is 11.3 Å². The number of hydrogen-bond donors (Lipinski definition) is 1. The van der Waals surface area contributed by atoms with Crippen LogP contribution in [0.5, 0.6) is 0 Å². The van der Waals surface area contributed by atoms with Gasteiger partial charge in [-0.25, -0.2) is 9.97 Å². The summed E-state index contributed by atoms with van der Waals surface area (Å²) in [5, 5.41) is 4.50. The van der Waals surface area contributed by atoms with Crippen molar-refractivity contribution in [2.24, 2.45) is 0 Å². The van der Waals surface area contributed by atoms with E-state index in [0.29, 0.717) is 0 Å². The van der Waals surface area contributed by atoms with Gasteiger partial charge in [-0.15, -0.1) is 11.3 Å². The summed E-state index contributed by atoms with van der Waals surface area (Å²) in [4.78, 5) is 11.7. The van der Waals surface area contributed by atoms with Crippen LogP contribution < -0.4 is 5.32 Å². The normalized spacial score (nSPS) is 11.0. The van der Waals surface area contributed by atoms with Crippen LogP contribution in [0.1, 0.15) is 37.4 Å². The van der Waals surface area contributed by atoms with E-state index >= 15 is 0 Å². The summed E-state index contributed by atoms with van der Waals surface area (Å²) in [6, 6.07) is 2.17. The van der Waals surface area contributed by atoms with Crippen LogP contribution in [0.4, 0.5) is 5.82 Å². The highest BCUT2D eigenvalue weighted by Gasteiger charge is 2.09. The molecular formula is C13H19N3S. The van der Waals surface area contributed by atoms with Crippen molar-refractivity contribution in [1.29, 1.82) is 0 Å². The molecule has 1 N–H and O–H groups in total. The molecule has 0 atom stereocenters. The van der Waals surface area contributed by atoms with Gasteiger partial charge in [-0.05, 0) is 26.3 Å². The Labute approximate surface area is 106 Å². The van der Waals surface area contributed by atoms with E-state index in [9.17, 15) is 0 Å². The van der Waals surface area contributed by atoms with E-state index in [2.05, 4.69) is 42.1 Å². The number of unbranched alkanes of at least 4 members (excludes halogenated alkanes) is 1. The van der Waals surface area contributed by atoms with Crippen LogP contribution >= 0.6 is 11.3 Å². The quantitative estimate of drug-likeness (QED) is 0.876. The first-order chi connectivity index (χ1) is 8.24. The molecule has 0 aromatic carbocycles. The molecule has 2 aromatic rings. The molecule has 0 unspecified atom stereocenters. The molecule has 0 saturated carbocycles. The molecule has 92 valence electrons. The van der Waals surface area contributed by atoms with Crippen LogP contribution in [0.3, 0.4) is 0 Å². The number of nitrogens with zero attached hydrogens (tertiary/aromatic N) is 2. The van der Waals surface area contributed by atoms with E-state index in [0.717, 1.165) is 41.2 Å². The topological polar surface area (TPSA) is 37.8 Å². The highest BCUT2D eigenvalue weighted by atomic mass is 32.1. The zero-order valence-electron chi connectivity index (χ0n) is 10.7. The van der Waals surface area contributed by atoms with Crippen molar-refractivity contribution in [2.75, 3.05) is 11.9 Å². The minimum absolute atomic E-state index is 0.897. The van der Waals surface area contributed by atoms with E-state index in [4.69, 9.17) is 0 Å². The number of aromatic nitrogens is 2. The summed E-state index contributed by atoms with van der Waals surface area (Å²) >= 11 is 1.75. The van der Waals surface area contributed by atoms with Crippen molar-refractivity contribution >= 4 is 27.4 Å². The Bertz CT molecular complexity index is 505. The maximum Gasteiger partial charge on any atom is 0.138 e. The number of anilines is 1. The largest absolute Gasteiger partial charge is 0.370 e. The Kier molecular flexibility index (Phi) is 3.94. The molecule has 0 aliphatic heterocycles. The molecule has 0 bridgehead atoms. The van der Waals surface area contributed by atoms with Gasteiger partial charge in [0.2, 0.25) is 0 Å². The monoisotopic (exact) mass is 249 g/mol. The minimum Gasteiger partial charge on any atom is -0.370 e. The van der Waals surface area contributed by atoms with Gasteiger partial charge in [0, 0.05) is 17.8 Å². The molecule has 0 radical (unpaired) electrons. The standard InChI is InChI=1S/C13H19N3S/c1-4-6-7-11-15-12(14-5-2)10-8-9(3)17-13(10)16-11/h8H,4-7H2,1-3H3,(H,14,15,16). The fourth-order valence-corrected chi connectivity index (χ4v) is 2.73. The third-order valence-electron chi connectivity index (χ3n) is 2.66. The van der Waals surface area contributed by atoms with Gasteiger partial charge in [-0.2, -0.15) is 0 Å². The van der Waals surface area contributed by atoms with E-state index in [1.807, 2.05) is 0 Å². The molecule has 0 fully saturated rings. The number of nitrogens with one attached hydrogen (secondary N) is 1. The van der Waals surface area contributed by atoms with Gasteiger partial charge >= 0.3 is 0 Å². The lowest BCUT2D eigenvalue weighted by Crippen LogP contribution is -2.03. The minimum atomic E-state index is 0.897. The molecule has 17 heavy (non-hydrogen) atoms. The molecular weight excluding hydrogens is 230 g/mol. The number of rotatable bonds is 5. The molecule has 2 rings (SSSR count). The summed E-state index contributed by atoms with van der Waals surface area (Å²) in [5.41, 5.74) is 0. The van der Waals surface area contributed by atoms with Gasteiger partial charge in [-0.1, -0.05) is 13.3 Å². The number of aryl methyl sites for hydroxylation is 2. The second-order valence-corrected chi connectivity index (χ2v) is 5.43. The number of fused-ring (bicyclic) bond motifs is 1.